The summed E-state index contributed by atoms with van der Waals surface area (Å²) in [6, 6.07) is 9.74. The molecule has 1 N–H and O–H groups in total. The van der Waals surface area contributed by atoms with E-state index in [-0.39, 0.29) is 0 Å². The summed E-state index contributed by atoms with van der Waals surface area (Å²) in [7, 11) is 0. The molecule has 2 aromatic rings. The van der Waals surface area contributed by atoms with E-state index in [1.165, 1.54) is 0 Å². The van der Waals surface area contributed by atoms with Gasteiger partial charge >= 0.3 is 0 Å². The predicted octanol–water partition coefficient (Wildman–Crippen LogP) is 3.73. The minimum absolute atomic E-state index is 0.454. The lowest BCUT2D eigenvalue weighted by Gasteiger charge is -2.06. The van der Waals surface area contributed by atoms with Crippen LogP contribution in [-0.4, -0.2) is 6.54 Å². The zero-order chi connectivity index (χ0) is 12.8. The van der Waals surface area contributed by atoms with E-state index in [0.29, 0.717) is 6.61 Å². The highest BCUT2D eigenvalue weighted by molar-refractivity contribution is 9.10. The number of halogens is 1. The first-order valence-corrected chi connectivity index (χ1v) is 6.73. The molecule has 0 amide bonds. The van der Waals surface area contributed by atoms with E-state index in [9.17, 15) is 0 Å². The van der Waals surface area contributed by atoms with Crippen molar-refractivity contribution in [1.82, 2.24) is 5.32 Å². The topological polar surface area (TPSA) is 34.4 Å². The van der Waals surface area contributed by atoms with Crippen molar-refractivity contribution in [3.63, 3.8) is 0 Å². The summed E-state index contributed by atoms with van der Waals surface area (Å²) in [6.07, 6.45) is 1.70. The second kappa shape index (κ2) is 6.61. The molecule has 0 fully saturated rings. The molecule has 3 nitrogen and oxygen atoms in total. The van der Waals surface area contributed by atoms with Gasteiger partial charge in [-0.05, 0) is 36.9 Å². The molecule has 0 unspecified atom stereocenters. The fraction of sp³-hybridized carbons (Fsp3) is 0.286. The maximum absolute atomic E-state index is 5.68. The van der Waals surface area contributed by atoms with Crippen LogP contribution in [0.15, 0.2) is 45.5 Å². The molecule has 18 heavy (non-hydrogen) atoms. The average Bonchev–Trinajstić information content (AvgIpc) is 2.83. The number of nitrogens with one attached hydrogen (secondary N) is 1. The van der Waals surface area contributed by atoms with Gasteiger partial charge in [0.15, 0.2) is 0 Å². The third-order valence-corrected chi connectivity index (χ3v) is 3.12. The van der Waals surface area contributed by atoms with Crippen molar-refractivity contribution in [2.45, 2.75) is 20.1 Å². The first-order chi connectivity index (χ1) is 8.79. The Labute approximate surface area is 115 Å². The van der Waals surface area contributed by atoms with Crippen LogP contribution in [0.3, 0.4) is 0 Å². The number of benzene rings is 1. The van der Waals surface area contributed by atoms with Gasteiger partial charge in [-0.25, -0.2) is 0 Å². The molecular formula is C14H16BrNO2. The molecule has 1 aromatic carbocycles. The minimum Gasteiger partial charge on any atom is -0.486 e. The van der Waals surface area contributed by atoms with Gasteiger partial charge < -0.3 is 14.5 Å². The smallest absolute Gasteiger partial charge is 0.146 e. The van der Waals surface area contributed by atoms with E-state index in [1.807, 2.05) is 30.3 Å². The Hall–Kier alpha value is -1.26. The van der Waals surface area contributed by atoms with E-state index in [0.717, 1.165) is 34.6 Å². The molecule has 1 heterocycles. The third-order valence-electron chi connectivity index (χ3n) is 2.59. The molecule has 0 atom stereocenters. The largest absolute Gasteiger partial charge is 0.486 e. The van der Waals surface area contributed by atoms with Gasteiger partial charge in [0.1, 0.15) is 18.1 Å². The Bertz CT molecular complexity index is 479. The molecule has 0 spiro atoms. The fourth-order valence-electron chi connectivity index (χ4n) is 1.59. The van der Waals surface area contributed by atoms with Crippen molar-refractivity contribution < 1.29 is 9.15 Å². The SMILES string of the molecule is CCNCc1ccoc1COc1ccc(Br)cc1. The first-order valence-electron chi connectivity index (χ1n) is 5.94. The van der Waals surface area contributed by atoms with E-state index in [1.54, 1.807) is 6.26 Å². The lowest BCUT2D eigenvalue weighted by molar-refractivity contribution is 0.268. The summed E-state index contributed by atoms with van der Waals surface area (Å²) < 4.78 is 12.2. The number of hydrogen-bond acceptors (Lipinski definition) is 3. The monoisotopic (exact) mass is 309 g/mol. The van der Waals surface area contributed by atoms with Crippen LogP contribution in [0.25, 0.3) is 0 Å². The van der Waals surface area contributed by atoms with Crippen LogP contribution in [0, 0.1) is 0 Å². The van der Waals surface area contributed by atoms with Crippen molar-refractivity contribution >= 4 is 15.9 Å². The van der Waals surface area contributed by atoms with Crippen molar-refractivity contribution in [3.05, 3.63) is 52.4 Å². The van der Waals surface area contributed by atoms with Gasteiger partial charge in [0.2, 0.25) is 0 Å². The highest BCUT2D eigenvalue weighted by Gasteiger charge is 2.06. The van der Waals surface area contributed by atoms with Gasteiger partial charge in [-0.3, -0.25) is 0 Å². The molecule has 0 aliphatic rings. The summed E-state index contributed by atoms with van der Waals surface area (Å²) in [5.41, 5.74) is 1.15. The Morgan fingerprint density at radius 3 is 2.72 bits per heavy atom. The maximum Gasteiger partial charge on any atom is 0.146 e. The Balaban J connectivity index is 1.93. The van der Waals surface area contributed by atoms with Crippen LogP contribution in [-0.2, 0) is 13.2 Å². The Morgan fingerprint density at radius 1 is 1.22 bits per heavy atom. The zero-order valence-electron chi connectivity index (χ0n) is 10.3. The van der Waals surface area contributed by atoms with E-state index in [2.05, 4.69) is 28.2 Å². The van der Waals surface area contributed by atoms with Crippen LogP contribution in [0.4, 0.5) is 0 Å². The highest BCUT2D eigenvalue weighted by atomic mass is 79.9. The van der Waals surface area contributed by atoms with Gasteiger partial charge in [-0.1, -0.05) is 22.9 Å². The molecule has 4 heteroatoms. The number of rotatable bonds is 6. The van der Waals surface area contributed by atoms with Crippen molar-refractivity contribution in [2.24, 2.45) is 0 Å². The number of furan rings is 1. The maximum atomic E-state index is 5.68. The van der Waals surface area contributed by atoms with Crippen molar-refractivity contribution in [3.8, 4) is 5.75 Å². The fourth-order valence-corrected chi connectivity index (χ4v) is 1.85. The Kier molecular flexibility index (Phi) is 4.84. The molecule has 0 aliphatic carbocycles. The van der Waals surface area contributed by atoms with Crippen LogP contribution in [0.2, 0.25) is 0 Å². The summed E-state index contributed by atoms with van der Waals surface area (Å²) in [4.78, 5) is 0. The molecule has 2 rings (SSSR count). The molecule has 0 saturated heterocycles. The number of ether oxygens (including phenoxy) is 1. The first kappa shape index (κ1) is 13.2. The van der Waals surface area contributed by atoms with Crippen LogP contribution >= 0.6 is 15.9 Å². The van der Waals surface area contributed by atoms with Gasteiger partial charge in [0, 0.05) is 16.6 Å². The van der Waals surface area contributed by atoms with Crippen LogP contribution in [0.1, 0.15) is 18.2 Å². The third kappa shape index (κ3) is 3.62. The average molecular weight is 310 g/mol. The summed E-state index contributed by atoms with van der Waals surface area (Å²) in [5, 5.41) is 3.27. The van der Waals surface area contributed by atoms with Crippen LogP contribution < -0.4 is 10.1 Å². The lowest BCUT2D eigenvalue weighted by Crippen LogP contribution is -2.12. The predicted molar refractivity (Wildman–Crippen MR) is 74.6 cm³/mol. The van der Waals surface area contributed by atoms with E-state index < -0.39 is 0 Å². The molecule has 0 saturated carbocycles. The Morgan fingerprint density at radius 2 is 2.00 bits per heavy atom. The van der Waals surface area contributed by atoms with Crippen molar-refractivity contribution in [1.29, 1.82) is 0 Å². The molecule has 96 valence electrons. The summed E-state index contributed by atoms with van der Waals surface area (Å²) in [6.45, 7) is 4.29. The van der Waals surface area contributed by atoms with Crippen molar-refractivity contribution in [2.75, 3.05) is 6.54 Å². The number of hydrogen-bond donors (Lipinski definition) is 1. The standard InChI is InChI=1S/C14H16BrNO2/c1-2-16-9-11-7-8-17-14(11)10-18-13-5-3-12(15)4-6-13/h3-8,16H,2,9-10H2,1H3. The molecule has 1 aromatic heterocycles. The van der Waals surface area contributed by atoms with E-state index in [4.69, 9.17) is 9.15 Å². The molecular weight excluding hydrogens is 294 g/mol. The second-order valence-electron chi connectivity index (χ2n) is 3.89. The zero-order valence-corrected chi connectivity index (χ0v) is 11.9. The van der Waals surface area contributed by atoms with Gasteiger partial charge in [-0.15, -0.1) is 0 Å². The lowest BCUT2D eigenvalue weighted by atomic mass is 10.2. The summed E-state index contributed by atoms with van der Waals surface area (Å²) >= 11 is 3.39. The quantitative estimate of drug-likeness (QED) is 0.883. The molecule has 0 bridgehead atoms. The van der Waals surface area contributed by atoms with Gasteiger partial charge in [0.25, 0.3) is 0 Å². The van der Waals surface area contributed by atoms with Gasteiger partial charge in [-0.2, -0.15) is 0 Å². The minimum atomic E-state index is 0.454. The van der Waals surface area contributed by atoms with E-state index >= 15 is 0 Å². The normalized spacial score (nSPS) is 10.6. The van der Waals surface area contributed by atoms with Gasteiger partial charge in [0.05, 0.1) is 6.26 Å². The van der Waals surface area contributed by atoms with Crippen LogP contribution in [0.5, 0.6) is 5.75 Å². The summed E-state index contributed by atoms with van der Waals surface area (Å²) in [5.74, 6) is 1.71. The highest BCUT2D eigenvalue weighted by Crippen LogP contribution is 2.18. The second-order valence-corrected chi connectivity index (χ2v) is 4.81. The molecule has 0 radical (unpaired) electrons. The molecule has 0 aliphatic heterocycles.